The van der Waals surface area contributed by atoms with Crippen LogP contribution in [-0.4, -0.2) is 12.6 Å². The first-order valence-electron chi connectivity index (χ1n) is 4.86. The van der Waals surface area contributed by atoms with Crippen LogP contribution < -0.4 is 5.32 Å². The lowest BCUT2D eigenvalue weighted by Crippen LogP contribution is -2.09. The molecule has 0 aliphatic heterocycles. The van der Waals surface area contributed by atoms with E-state index in [9.17, 15) is 4.79 Å². The van der Waals surface area contributed by atoms with Crippen LogP contribution in [0.5, 0.6) is 0 Å². The third-order valence-electron chi connectivity index (χ3n) is 2.09. The van der Waals surface area contributed by atoms with Crippen LogP contribution in [0.1, 0.15) is 11.1 Å². The number of anilines is 1. The van der Waals surface area contributed by atoms with Gasteiger partial charge in [-0.25, -0.2) is 0 Å². The Morgan fingerprint density at radius 2 is 2.12 bits per heavy atom. The Kier molecular flexibility index (Phi) is 3.61. The van der Waals surface area contributed by atoms with Gasteiger partial charge in [-0.2, -0.15) is 0 Å². The van der Waals surface area contributed by atoms with Crippen LogP contribution in [-0.2, 0) is 0 Å². The summed E-state index contributed by atoms with van der Waals surface area (Å²) in [6, 6.07) is 11.0. The first-order valence-corrected chi connectivity index (χ1v) is 6.13. The van der Waals surface area contributed by atoms with Gasteiger partial charge in [-0.1, -0.05) is 18.2 Å². The average molecular weight is 264 g/mol. The Hall–Kier alpha value is -1.59. The van der Waals surface area contributed by atoms with Crippen molar-refractivity contribution in [1.82, 2.24) is 0 Å². The molecular weight excluding hydrogens is 252 g/mol. The van der Waals surface area contributed by atoms with E-state index in [0.717, 1.165) is 5.69 Å². The molecule has 1 N–H and O–H groups in total. The van der Waals surface area contributed by atoms with Gasteiger partial charge in [0.05, 0.1) is 4.88 Å². The van der Waals surface area contributed by atoms with Gasteiger partial charge in [-0.3, -0.25) is 9.79 Å². The molecule has 0 aliphatic rings. The molecule has 3 nitrogen and oxygen atoms in total. The van der Waals surface area contributed by atoms with Gasteiger partial charge in [0.1, 0.15) is 5.00 Å². The number of hydrogen-bond donors (Lipinski definition) is 2. The molecule has 0 fully saturated rings. The van der Waals surface area contributed by atoms with Crippen molar-refractivity contribution in [3.05, 3.63) is 41.3 Å². The SMILES string of the molecule is C=Nc1sc(C(=O)Nc2ccccc2)cc1S.[HH]. The molecule has 5 heteroatoms. The van der Waals surface area contributed by atoms with Crippen molar-refractivity contribution in [1.29, 1.82) is 0 Å². The van der Waals surface area contributed by atoms with Gasteiger partial charge in [0, 0.05) is 12.0 Å². The average Bonchev–Trinajstić information content (AvgIpc) is 2.72. The number of benzene rings is 1. The zero-order valence-corrected chi connectivity index (χ0v) is 10.6. The molecule has 0 unspecified atom stereocenters. The minimum atomic E-state index is -0.161. The Bertz CT molecular complexity index is 554. The summed E-state index contributed by atoms with van der Waals surface area (Å²) in [5.41, 5.74) is 0.764. The molecule has 0 saturated heterocycles. The molecule has 1 aromatic carbocycles. The van der Waals surface area contributed by atoms with E-state index in [1.54, 1.807) is 6.07 Å². The molecule has 0 radical (unpaired) electrons. The Morgan fingerprint density at radius 1 is 1.41 bits per heavy atom. The van der Waals surface area contributed by atoms with E-state index in [-0.39, 0.29) is 7.33 Å². The second-order valence-electron chi connectivity index (χ2n) is 3.28. The van der Waals surface area contributed by atoms with Gasteiger partial charge in [0.15, 0.2) is 0 Å². The number of thiol groups is 1. The van der Waals surface area contributed by atoms with Crippen LogP contribution >= 0.6 is 24.0 Å². The van der Waals surface area contributed by atoms with Crippen molar-refractivity contribution in [3.63, 3.8) is 0 Å². The highest BCUT2D eigenvalue weighted by molar-refractivity contribution is 7.80. The number of thiophene rings is 1. The lowest BCUT2D eigenvalue weighted by molar-refractivity contribution is 0.103. The normalized spacial score (nSPS) is 9.94. The summed E-state index contributed by atoms with van der Waals surface area (Å²) in [7, 11) is 0. The third kappa shape index (κ3) is 2.75. The smallest absolute Gasteiger partial charge is 0.265 e. The van der Waals surface area contributed by atoms with E-state index in [1.165, 1.54) is 11.3 Å². The minimum Gasteiger partial charge on any atom is -0.321 e. The minimum absolute atomic E-state index is 0. The number of carbonyl (C=O) groups excluding carboxylic acids is 1. The summed E-state index contributed by atoms with van der Waals surface area (Å²) in [5.74, 6) is -0.161. The first kappa shape index (κ1) is 11.9. The fourth-order valence-corrected chi connectivity index (χ4v) is 2.49. The van der Waals surface area contributed by atoms with Crippen molar-refractivity contribution in [3.8, 4) is 0 Å². The predicted molar refractivity (Wildman–Crippen MR) is 77.3 cm³/mol. The highest BCUT2D eigenvalue weighted by Crippen LogP contribution is 2.33. The summed E-state index contributed by atoms with van der Waals surface area (Å²) in [6.07, 6.45) is 0. The van der Waals surface area contributed by atoms with E-state index < -0.39 is 0 Å². The second-order valence-corrected chi connectivity index (χ2v) is 4.79. The van der Waals surface area contributed by atoms with Gasteiger partial charge >= 0.3 is 0 Å². The van der Waals surface area contributed by atoms with Crippen molar-refractivity contribution in [2.24, 2.45) is 4.99 Å². The van der Waals surface area contributed by atoms with Crippen LogP contribution in [0.4, 0.5) is 10.7 Å². The quantitative estimate of drug-likeness (QED) is 0.641. The molecule has 0 saturated carbocycles. The highest BCUT2D eigenvalue weighted by Gasteiger charge is 2.12. The van der Waals surface area contributed by atoms with Crippen LogP contribution in [0.15, 0.2) is 46.3 Å². The van der Waals surface area contributed by atoms with Crippen LogP contribution in [0.2, 0.25) is 0 Å². The Balaban J connectivity index is 0.00000162. The van der Waals surface area contributed by atoms with Gasteiger partial charge in [-0.15, -0.1) is 24.0 Å². The number of nitrogens with one attached hydrogen (secondary N) is 1. The highest BCUT2D eigenvalue weighted by atomic mass is 32.1. The van der Waals surface area contributed by atoms with Crippen LogP contribution in [0.25, 0.3) is 0 Å². The molecule has 0 bridgehead atoms. The monoisotopic (exact) mass is 264 g/mol. The summed E-state index contributed by atoms with van der Waals surface area (Å²) in [5, 5.41) is 3.46. The molecule has 1 heterocycles. The van der Waals surface area contributed by atoms with E-state index in [2.05, 4.69) is 29.7 Å². The maximum Gasteiger partial charge on any atom is 0.265 e. The second kappa shape index (κ2) is 5.16. The third-order valence-corrected chi connectivity index (χ3v) is 3.65. The summed E-state index contributed by atoms with van der Waals surface area (Å²) >= 11 is 5.49. The summed E-state index contributed by atoms with van der Waals surface area (Å²) in [4.78, 5) is 16.9. The molecule has 1 amide bonds. The molecule has 2 aromatic rings. The van der Waals surface area contributed by atoms with Crippen molar-refractivity contribution in [2.75, 3.05) is 5.32 Å². The number of hydrogen-bond acceptors (Lipinski definition) is 4. The lowest BCUT2D eigenvalue weighted by atomic mass is 10.3. The zero-order valence-electron chi connectivity index (χ0n) is 8.88. The number of rotatable bonds is 3. The largest absolute Gasteiger partial charge is 0.321 e. The molecule has 17 heavy (non-hydrogen) atoms. The van der Waals surface area contributed by atoms with Gasteiger partial charge in [0.25, 0.3) is 5.91 Å². The number of aliphatic imine (C=N–C) groups is 1. The van der Waals surface area contributed by atoms with E-state index >= 15 is 0 Å². The van der Waals surface area contributed by atoms with Crippen molar-refractivity contribution >= 4 is 47.3 Å². The van der Waals surface area contributed by atoms with Gasteiger partial charge in [0.2, 0.25) is 0 Å². The first-order chi connectivity index (χ1) is 8.20. The Morgan fingerprint density at radius 3 is 2.71 bits per heavy atom. The number of carbonyl (C=O) groups is 1. The van der Waals surface area contributed by atoms with Gasteiger partial charge in [-0.05, 0) is 24.9 Å². The zero-order chi connectivity index (χ0) is 12.3. The van der Waals surface area contributed by atoms with Crippen molar-refractivity contribution < 1.29 is 6.22 Å². The maximum absolute atomic E-state index is 11.9. The topological polar surface area (TPSA) is 41.5 Å². The van der Waals surface area contributed by atoms with Crippen LogP contribution in [0, 0.1) is 0 Å². The number of nitrogens with zero attached hydrogens (tertiary/aromatic N) is 1. The fourth-order valence-electron chi connectivity index (χ4n) is 1.31. The fraction of sp³-hybridized carbons (Fsp3) is 0. The number of para-hydroxylation sites is 1. The maximum atomic E-state index is 11.9. The summed E-state index contributed by atoms with van der Waals surface area (Å²) in [6.45, 7) is 3.43. The number of amides is 1. The molecule has 88 valence electrons. The molecular formula is C12H12N2OS2. The lowest BCUT2D eigenvalue weighted by Gasteiger charge is -2.01. The standard InChI is InChI=1S/C12H10N2OS2.H2/c1-13-12-9(16)7-10(17-12)11(15)14-8-5-3-2-4-6-8;/h2-7,16H,1H2,(H,14,15);1H. The predicted octanol–water partition coefficient (Wildman–Crippen LogP) is 3.87. The van der Waals surface area contributed by atoms with E-state index in [4.69, 9.17) is 0 Å². The Labute approximate surface area is 110 Å². The summed E-state index contributed by atoms with van der Waals surface area (Å²) < 4.78 is 0. The molecule has 0 atom stereocenters. The van der Waals surface area contributed by atoms with Gasteiger partial charge < -0.3 is 5.32 Å². The van der Waals surface area contributed by atoms with Crippen LogP contribution in [0.3, 0.4) is 0 Å². The molecule has 1 aromatic heterocycles. The molecule has 0 aliphatic carbocycles. The molecule has 0 spiro atoms. The van der Waals surface area contributed by atoms with E-state index in [0.29, 0.717) is 14.8 Å². The molecule has 2 rings (SSSR count). The van der Waals surface area contributed by atoms with E-state index in [1.807, 2.05) is 30.3 Å². The van der Waals surface area contributed by atoms with Crippen molar-refractivity contribution in [2.45, 2.75) is 4.90 Å².